The van der Waals surface area contributed by atoms with Gasteiger partial charge in [-0.15, -0.1) is 0 Å². The Labute approximate surface area is 199 Å². The van der Waals surface area contributed by atoms with E-state index in [4.69, 9.17) is 31.4 Å². The van der Waals surface area contributed by atoms with Crippen LogP contribution in [0.2, 0.25) is 5.15 Å². The lowest BCUT2D eigenvalue weighted by molar-refractivity contribution is 0.0251. The number of thioether (sulfide) groups is 1. The van der Waals surface area contributed by atoms with Gasteiger partial charge in [0.2, 0.25) is 0 Å². The monoisotopic (exact) mass is 495 g/mol. The molecule has 11 nitrogen and oxygen atoms in total. The topological polar surface area (TPSA) is 134 Å². The summed E-state index contributed by atoms with van der Waals surface area (Å²) in [6.07, 6.45) is 1.27. The first kappa shape index (κ1) is 23.4. The molecule has 0 unspecified atom stereocenters. The number of hydrogen-bond donors (Lipinski definition) is 1. The lowest BCUT2D eigenvalue weighted by Gasteiger charge is -2.33. The van der Waals surface area contributed by atoms with Gasteiger partial charge < -0.3 is 24.7 Å². The van der Waals surface area contributed by atoms with Gasteiger partial charge in [0.15, 0.2) is 28.2 Å². The third-order valence-electron chi connectivity index (χ3n) is 4.95. The number of hydrogen-bond acceptors (Lipinski definition) is 10. The molecule has 3 aromatic heterocycles. The number of fused-ring (bicyclic) bond motifs is 1. The van der Waals surface area contributed by atoms with Crippen LogP contribution in [0.3, 0.4) is 0 Å². The maximum atomic E-state index is 12.5. The van der Waals surface area contributed by atoms with Crippen molar-refractivity contribution in [2.45, 2.75) is 45.1 Å². The molecule has 1 saturated heterocycles. The van der Waals surface area contributed by atoms with E-state index in [2.05, 4.69) is 20.3 Å². The number of halogens is 1. The number of rotatable bonds is 5. The minimum absolute atomic E-state index is 0.0739. The zero-order valence-electron chi connectivity index (χ0n) is 18.9. The Morgan fingerprint density at radius 2 is 2.18 bits per heavy atom. The van der Waals surface area contributed by atoms with E-state index in [-0.39, 0.29) is 22.3 Å². The number of nitrogens with two attached hydrogens (primary N) is 1. The third kappa shape index (κ3) is 4.96. The number of nitrogens with zero attached hydrogens (tertiary/aromatic N) is 6. The van der Waals surface area contributed by atoms with Crippen molar-refractivity contribution in [2.24, 2.45) is 0 Å². The van der Waals surface area contributed by atoms with E-state index in [1.165, 1.54) is 0 Å². The van der Waals surface area contributed by atoms with E-state index in [0.29, 0.717) is 54.5 Å². The van der Waals surface area contributed by atoms with Gasteiger partial charge in [-0.05, 0) is 38.0 Å². The number of ether oxygens (including phenoxy) is 2. The minimum Gasteiger partial charge on any atom is -0.488 e. The highest BCUT2D eigenvalue weighted by Gasteiger charge is 2.29. The lowest BCUT2D eigenvalue weighted by Crippen LogP contribution is -2.45. The van der Waals surface area contributed by atoms with Crippen LogP contribution in [0.4, 0.5) is 10.6 Å². The zero-order chi connectivity index (χ0) is 23.8. The number of amides is 1. The van der Waals surface area contributed by atoms with E-state index in [9.17, 15) is 4.79 Å². The largest absolute Gasteiger partial charge is 0.488 e. The van der Waals surface area contributed by atoms with Gasteiger partial charge in [-0.25, -0.2) is 19.4 Å². The second-order valence-electron chi connectivity index (χ2n) is 8.52. The molecule has 3 aromatic rings. The van der Waals surface area contributed by atoms with Crippen molar-refractivity contribution in [3.63, 3.8) is 0 Å². The predicted molar refractivity (Wildman–Crippen MR) is 125 cm³/mol. The van der Waals surface area contributed by atoms with Gasteiger partial charge in [0, 0.05) is 25.4 Å². The molecule has 0 radical (unpaired) electrons. The average Bonchev–Trinajstić information content (AvgIpc) is 3.36. The molecule has 1 amide bonds. The number of aromatic nitrogens is 5. The van der Waals surface area contributed by atoms with Gasteiger partial charge in [0.1, 0.15) is 23.2 Å². The third-order valence-corrected chi connectivity index (χ3v) is 6.40. The average molecular weight is 496 g/mol. The first-order valence-corrected chi connectivity index (χ1v) is 12.0. The number of anilines is 1. The summed E-state index contributed by atoms with van der Waals surface area (Å²) >= 11 is 8.09. The van der Waals surface area contributed by atoms with Crippen molar-refractivity contribution in [2.75, 3.05) is 31.2 Å². The smallest absolute Gasteiger partial charge is 0.410 e. The zero-order valence-corrected chi connectivity index (χ0v) is 20.4. The molecule has 1 aliphatic heterocycles. The van der Waals surface area contributed by atoms with Crippen LogP contribution in [0.5, 0.6) is 5.75 Å². The summed E-state index contributed by atoms with van der Waals surface area (Å²) in [5.41, 5.74) is 6.82. The van der Waals surface area contributed by atoms with Crippen LogP contribution in [0.25, 0.3) is 22.6 Å². The number of aryl methyl sites for hydroxylation is 1. The fourth-order valence-electron chi connectivity index (χ4n) is 3.52. The highest BCUT2D eigenvalue weighted by atomic mass is 35.5. The summed E-state index contributed by atoms with van der Waals surface area (Å²) in [6.45, 7) is 9.64. The molecular formula is C20H26ClN7O4S. The van der Waals surface area contributed by atoms with Crippen molar-refractivity contribution >= 4 is 46.3 Å². The summed E-state index contributed by atoms with van der Waals surface area (Å²) in [5.74, 6) is 1.93. The van der Waals surface area contributed by atoms with Gasteiger partial charge >= 0.3 is 6.09 Å². The van der Waals surface area contributed by atoms with Gasteiger partial charge in [-0.1, -0.05) is 11.6 Å². The van der Waals surface area contributed by atoms with Crippen LogP contribution in [-0.4, -0.2) is 72.1 Å². The molecule has 1 aliphatic rings. The van der Waals surface area contributed by atoms with Crippen LogP contribution in [0.15, 0.2) is 10.8 Å². The van der Waals surface area contributed by atoms with Crippen LogP contribution < -0.4 is 10.5 Å². The Bertz CT molecular complexity index is 1160. The van der Waals surface area contributed by atoms with E-state index in [0.717, 1.165) is 5.75 Å². The van der Waals surface area contributed by atoms with Crippen LogP contribution >= 0.6 is 23.4 Å². The molecule has 2 N–H and O–H groups in total. The highest BCUT2D eigenvalue weighted by molar-refractivity contribution is 8.00. The Kier molecular flexibility index (Phi) is 6.57. The first-order valence-electron chi connectivity index (χ1n) is 10.5. The Hall–Kier alpha value is -2.73. The molecule has 0 aliphatic carbocycles. The van der Waals surface area contributed by atoms with Crippen molar-refractivity contribution < 1.29 is 18.9 Å². The van der Waals surface area contributed by atoms with E-state index in [1.54, 1.807) is 22.9 Å². The van der Waals surface area contributed by atoms with Gasteiger partial charge in [-0.2, -0.15) is 11.8 Å². The highest BCUT2D eigenvalue weighted by Crippen LogP contribution is 2.35. The molecule has 1 atom stereocenters. The fraction of sp³-hybridized carbons (Fsp3) is 0.550. The summed E-state index contributed by atoms with van der Waals surface area (Å²) in [7, 11) is 0. The normalized spacial score (nSPS) is 16.9. The first-order chi connectivity index (χ1) is 15.7. The molecule has 0 saturated carbocycles. The summed E-state index contributed by atoms with van der Waals surface area (Å²) in [6, 6.07) is 0. The summed E-state index contributed by atoms with van der Waals surface area (Å²) < 4.78 is 18.3. The van der Waals surface area contributed by atoms with E-state index >= 15 is 0 Å². The molecule has 13 heteroatoms. The molecule has 33 heavy (non-hydrogen) atoms. The molecule has 178 valence electrons. The molecule has 4 rings (SSSR count). The van der Waals surface area contributed by atoms with Crippen LogP contribution in [-0.2, 0) is 11.3 Å². The molecule has 0 spiro atoms. The van der Waals surface area contributed by atoms with Crippen LogP contribution in [0.1, 0.15) is 27.7 Å². The van der Waals surface area contributed by atoms with Crippen molar-refractivity contribution in [1.29, 1.82) is 0 Å². The van der Waals surface area contributed by atoms with E-state index in [1.807, 2.05) is 32.3 Å². The van der Waals surface area contributed by atoms with Crippen molar-refractivity contribution in [3.05, 3.63) is 11.3 Å². The van der Waals surface area contributed by atoms with Crippen LogP contribution in [0, 0.1) is 0 Å². The minimum atomic E-state index is -0.534. The van der Waals surface area contributed by atoms with Gasteiger partial charge in [0.05, 0.1) is 11.4 Å². The fourth-order valence-corrected chi connectivity index (χ4v) is 4.81. The maximum Gasteiger partial charge on any atom is 0.410 e. The molecule has 0 aromatic carbocycles. The summed E-state index contributed by atoms with van der Waals surface area (Å²) in [4.78, 5) is 23.0. The number of pyridine rings is 1. The lowest BCUT2D eigenvalue weighted by atomic mass is 10.2. The maximum absolute atomic E-state index is 12.5. The Balaban J connectivity index is 1.56. The Morgan fingerprint density at radius 3 is 2.85 bits per heavy atom. The van der Waals surface area contributed by atoms with Gasteiger partial charge in [-0.3, -0.25) is 0 Å². The Morgan fingerprint density at radius 1 is 1.39 bits per heavy atom. The molecular weight excluding hydrogens is 470 g/mol. The number of nitrogen functional groups attached to an aromatic ring is 1. The van der Waals surface area contributed by atoms with Crippen molar-refractivity contribution in [3.8, 4) is 17.3 Å². The second kappa shape index (κ2) is 9.26. The van der Waals surface area contributed by atoms with E-state index < -0.39 is 5.60 Å². The molecule has 4 heterocycles. The number of carbonyl (C=O) groups excluding carboxylic acids is 1. The standard InChI is InChI=1S/C20H26ClN7O4S/c1-5-28-15-12(8-23-16(21)13(15)24-18(28)14-17(22)26-32-25-14)30-10-11-9-27(6-7-33-11)19(29)31-20(2,3)4/h8,11H,5-7,9-10H2,1-4H3,(H2,22,26)/t11-/m0/s1. The quantitative estimate of drug-likeness (QED) is 0.524. The van der Waals surface area contributed by atoms with Crippen molar-refractivity contribution in [1.82, 2.24) is 29.7 Å². The molecule has 1 fully saturated rings. The summed E-state index contributed by atoms with van der Waals surface area (Å²) in [5, 5.41) is 7.82. The van der Waals surface area contributed by atoms with Gasteiger partial charge in [0.25, 0.3) is 0 Å². The predicted octanol–water partition coefficient (Wildman–Crippen LogP) is 3.47. The number of carbonyl (C=O) groups is 1. The SMILES string of the molecule is CCn1c(-c2nonc2N)nc2c(Cl)ncc(OC[C@@H]3CN(C(=O)OC(C)(C)C)CCS3)c21. The number of imidazole rings is 1. The second-order valence-corrected chi connectivity index (χ2v) is 10.3. The molecule has 0 bridgehead atoms.